The number of hydrogen-bond acceptors (Lipinski definition) is 4. The number of alkyl halides is 1. The standard InChI is InChI=1S/C11H21FO4/c1-11(2,3)16-10(13)4-6-14-8-9-15-7-5-12/h4-9H2,1-3H3. The number of esters is 1. The van der Waals surface area contributed by atoms with Gasteiger partial charge < -0.3 is 14.2 Å². The Morgan fingerprint density at radius 3 is 2.12 bits per heavy atom. The average Bonchev–Trinajstić information content (AvgIpc) is 2.13. The first-order valence-electron chi connectivity index (χ1n) is 5.39. The average molecular weight is 236 g/mol. The largest absolute Gasteiger partial charge is 0.460 e. The van der Waals surface area contributed by atoms with Crippen molar-refractivity contribution in [3.8, 4) is 0 Å². The van der Waals surface area contributed by atoms with Crippen LogP contribution < -0.4 is 0 Å². The summed E-state index contributed by atoms with van der Waals surface area (Å²) in [5, 5.41) is 0. The third kappa shape index (κ3) is 11.4. The molecule has 0 unspecified atom stereocenters. The van der Waals surface area contributed by atoms with E-state index in [1.807, 2.05) is 20.8 Å². The summed E-state index contributed by atoms with van der Waals surface area (Å²) in [5.74, 6) is -0.280. The molecule has 0 spiro atoms. The van der Waals surface area contributed by atoms with Gasteiger partial charge in [-0.2, -0.15) is 0 Å². The maximum absolute atomic E-state index is 11.6. The molecule has 96 valence electrons. The highest BCUT2D eigenvalue weighted by molar-refractivity contribution is 5.69. The number of ether oxygens (including phenoxy) is 3. The Morgan fingerprint density at radius 2 is 1.62 bits per heavy atom. The van der Waals surface area contributed by atoms with Crippen molar-refractivity contribution in [1.82, 2.24) is 0 Å². The zero-order valence-corrected chi connectivity index (χ0v) is 10.3. The van der Waals surface area contributed by atoms with Gasteiger partial charge in [0.05, 0.1) is 32.8 Å². The van der Waals surface area contributed by atoms with E-state index in [1.54, 1.807) is 0 Å². The number of rotatable bonds is 8. The number of hydrogen-bond donors (Lipinski definition) is 0. The summed E-state index contributed by atoms with van der Waals surface area (Å²) in [4.78, 5) is 11.2. The van der Waals surface area contributed by atoms with Crippen LogP contribution in [0.5, 0.6) is 0 Å². The molecule has 0 rings (SSSR count). The van der Waals surface area contributed by atoms with E-state index in [4.69, 9.17) is 14.2 Å². The van der Waals surface area contributed by atoms with Crippen LogP contribution in [0, 0.1) is 0 Å². The Kier molecular flexibility index (Phi) is 8.11. The van der Waals surface area contributed by atoms with Crippen molar-refractivity contribution in [3.63, 3.8) is 0 Å². The third-order valence-electron chi connectivity index (χ3n) is 1.46. The highest BCUT2D eigenvalue weighted by Gasteiger charge is 2.15. The van der Waals surface area contributed by atoms with Crippen LogP contribution in [0.4, 0.5) is 4.39 Å². The van der Waals surface area contributed by atoms with Crippen LogP contribution in [0.1, 0.15) is 27.2 Å². The van der Waals surface area contributed by atoms with Gasteiger partial charge in [-0.3, -0.25) is 4.79 Å². The van der Waals surface area contributed by atoms with Crippen molar-refractivity contribution in [2.75, 3.05) is 33.1 Å². The van der Waals surface area contributed by atoms with E-state index in [9.17, 15) is 9.18 Å². The predicted molar refractivity (Wildman–Crippen MR) is 58.1 cm³/mol. The second kappa shape index (κ2) is 8.47. The lowest BCUT2D eigenvalue weighted by Crippen LogP contribution is -2.24. The molecule has 0 bridgehead atoms. The topological polar surface area (TPSA) is 44.8 Å². The second-order valence-electron chi connectivity index (χ2n) is 4.25. The smallest absolute Gasteiger partial charge is 0.308 e. The van der Waals surface area contributed by atoms with Crippen LogP contribution >= 0.6 is 0 Å². The third-order valence-corrected chi connectivity index (χ3v) is 1.46. The molecule has 0 aliphatic heterocycles. The van der Waals surface area contributed by atoms with E-state index in [0.717, 1.165) is 0 Å². The molecule has 5 heteroatoms. The van der Waals surface area contributed by atoms with Crippen molar-refractivity contribution in [2.45, 2.75) is 32.8 Å². The van der Waals surface area contributed by atoms with Crippen LogP contribution in [0.15, 0.2) is 0 Å². The zero-order valence-electron chi connectivity index (χ0n) is 10.3. The van der Waals surface area contributed by atoms with Crippen molar-refractivity contribution < 1.29 is 23.4 Å². The Balaban J connectivity index is 3.28. The maximum Gasteiger partial charge on any atom is 0.308 e. The fourth-order valence-corrected chi connectivity index (χ4v) is 0.925. The highest BCUT2D eigenvalue weighted by atomic mass is 19.1. The monoisotopic (exact) mass is 236 g/mol. The summed E-state index contributed by atoms with van der Waals surface area (Å²) in [7, 11) is 0. The molecule has 0 amide bonds. The maximum atomic E-state index is 11.6. The van der Waals surface area contributed by atoms with Gasteiger partial charge in [-0.1, -0.05) is 0 Å². The quantitative estimate of drug-likeness (QED) is 0.475. The minimum atomic E-state index is -0.488. The minimum absolute atomic E-state index is 0.0927. The van der Waals surface area contributed by atoms with Crippen LogP contribution in [-0.2, 0) is 19.0 Å². The summed E-state index contributed by atoms with van der Waals surface area (Å²) < 4.78 is 26.7. The Hall–Kier alpha value is -0.680. The summed E-state index contributed by atoms with van der Waals surface area (Å²) in [6.07, 6.45) is 0.223. The first-order chi connectivity index (χ1) is 7.45. The molecule has 0 aliphatic carbocycles. The van der Waals surface area contributed by atoms with Crippen molar-refractivity contribution >= 4 is 5.97 Å². The molecule has 0 saturated carbocycles. The molecule has 0 atom stereocenters. The zero-order chi connectivity index (χ0) is 12.4. The fraction of sp³-hybridized carbons (Fsp3) is 0.909. The summed E-state index contributed by atoms with van der Waals surface area (Å²) >= 11 is 0. The van der Waals surface area contributed by atoms with E-state index < -0.39 is 12.3 Å². The van der Waals surface area contributed by atoms with Gasteiger partial charge >= 0.3 is 5.97 Å². The first-order valence-corrected chi connectivity index (χ1v) is 5.39. The van der Waals surface area contributed by atoms with Gasteiger partial charge in [0, 0.05) is 0 Å². The molecular weight excluding hydrogens is 215 g/mol. The Bertz CT molecular complexity index is 189. The van der Waals surface area contributed by atoms with E-state index >= 15 is 0 Å². The molecule has 16 heavy (non-hydrogen) atoms. The lowest BCUT2D eigenvalue weighted by molar-refractivity contribution is -0.156. The highest BCUT2D eigenvalue weighted by Crippen LogP contribution is 2.07. The number of halogens is 1. The number of carbonyl (C=O) groups excluding carboxylic acids is 1. The van der Waals surface area contributed by atoms with Crippen LogP contribution in [-0.4, -0.2) is 44.7 Å². The van der Waals surface area contributed by atoms with E-state index in [0.29, 0.717) is 19.8 Å². The van der Waals surface area contributed by atoms with Gasteiger partial charge in [-0.25, -0.2) is 4.39 Å². The molecule has 4 nitrogen and oxygen atoms in total. The van der Waals surface area contributed by atoms with E-state index in [-0.39, 0.29) is 19.0 Å². The molecule has 0 saturated heterocycles. The second-order valence-corrected chi connectivity index (χ2v) is 4.25. The minimum Gasteiger partial charge on any atom is -0.460 e. The Morgan fingerprint density at radius 1 is 1.06 bits per heavy atom. The van der Waals surface area contributed by atoms with Gasteiger partial charge in [0.1, 0.15) is 12.3 Å². The summed E-state index contributed by atoms with van der Waals surface area (Å²) in [6.45, 7) is 6.06. The molecule has 0 aromatic carbocycles. The van der Waals surface area contributed by atoms with Gasteiger partial charge in [0.25, 0.3) is 0 Å². The first kappa shape index (κ1) is 15.3. The number of carbonyl (C=O) groups is 1. The van der Waals surface area contributed by atoms with Gasteiger partial charge in [-0.15, -0.1) is 0 Å². The normalized spacial score (nSPS) is 11.5. The lowest BCUT2D eigenvalue weighted by atomic mass is 10.2. The van der Waals surface area contributed by atoms with Crippen LogP contribution in [0.2, 0.25) is 0 Å². The van der Waals surface area contributed by atoms with Crippen LogP contribution in [0.25, 0.3) is 0 Å². The van der Waals surface area contributed by atoms with Crippen molar-refractivity contribution in [2.24, 2.45) is 0 Å². The van der Waals surface area contributed by atoms with Crippen molar-refractivity contribution in [1.29, 1.82) is 0 Å². The molecule has 0 fully saturated rings. The van der Waals surface area contributed by atoms with E-state index in [2.05, 4.69) is 0 Å². The van der Waals surface area contributed by atoms with Gasteiger partial charge in [-0.05, 0) is 20.8 Å². The van der Waals surface area contributed by atoms with Gasteiger partial charge in [0.2, 0.25) is 0 Å². The van der Waals surface area contributed by atoms with Gasteiger partial charge in [0.15, 0.2) is 0 Å². The molecule has 0 N–H and O–H groups in total. The Labute approximate surface area is 96.1 Å². The predicted octanol–water partition coefficient (Wildman–Crippen LogP) is 1.72. The molecule has 0 heterocycles. The fourth-order valence-electron chi connectivity index (χ4n) is 0.925. The van der Waals surface area contributed by atoms with Crippen LogP contribution in [0.3, 0.4) is 0 Å². The molecule has 0 aromatic rings. The molecule has 0 aromatic heterocycles. The van der Waals surface area contributed by atoms with E-state index in [1.165, 1.54) is 0 Å². The summed E-state index contributed by atoms with van der Waals surface area (Å²) in [6, 6.07) is 0. The SMILES string of the molecule is CC(C)(C)OC(=O)CCOCCOCCF. The van der Waals surface area contributed by atoms with Crippen molar-refractivity contribution in [3.05, 3.63) is 0 Å². The molecule has 0 radical (unpaired) electrons. The summed E-state index contributed by atoms with van der Waals surface area (Å²) in [5.41, 5.74) is -0.457. The lowest BCUT2D eigenvalue weighted by Gasteiger charge is -2.19. The molecule has 0 aliphatic rings. The molecular formula is C11H21FO4.